The molecule has 0 radical (unpaired) electrons. The van der Waals surface area contributed by atoms with Gasteiger partial charge in [0.05, 0.1) is 11.1 Å². The third-order valence-electron chi connectivity index (χ3n) is 12.4. The molecular formula is C53H32N4O3. The molecule has 0 saturated heterocycles. The fourth-order valence-corrected chi connectivity index (χ4v) is 9.49. The van der Waals surface area contributed by atoms with Crippen LogP contribution in [0.3, 0.4) is 0 Å². The Morgan fingerprint density at radius 3 is 1.70 bits per heavy atom. The molecule has 0 saturated carbocycles. The maximum atomic E-state index is 6.82. The fourth-order valence-electron chi connectivity index (χ4n) is 9.49. The number of oxazole rings is 1. The number of aromatic nitrogens is 4. The van der Waals surface area contributed by atoms with Gasteiger partial charge in [0, 0.05) is 43.5 Å². The van der Waals surface area contributed by atoms with Crippen molar-refractivity contribution < 1.29 is 13.3 Å². The van der Waals surface area contributed by atoms with E-state index in [-0.39, 0.29) is 5.41 Å². The highest BCUT2D eigenvalue weighted by atomic mass is 16.3. The van der Waals surface area contributed by atoms with Gasteiger partial charge in [-0.25, -0.2) is 19.9 Å². The van der Waals surface area contributed by atoms with Gasteiger partial charge in [0.1, 0.15) is 27.8 Å². The number of benzene rings is 8. The molecule has 8 aromatic carbocycles. The maximum absolute atomic E-state index is 6.82. The van der Waals surface area contributed by atoms with Gasteiger partial charge in [0.25, 0.3) is 0 Å². The van der Waals surface area contributed by atoms with Crippen molar-refractivity contribution in [2.75, 3.05) is 0 Å². The van der Waals surface area contributed by atoms with Crippen molar-refractivity contribution in [1.82, 2.24) is 19.9 Å². The van der Waals surface area contributed by atoms with E-state index in [0.29, 0.717) is 34.5 Å². The Bertz CT molecular complexity index is 3640. The number of furan rings is 2. The van der Waals surface area contributed by atoms with E-state index in [1.54, 1.807) is 0 Å². The third-order valence-corrected chi connectivity index (χ3v) is 12.4. The summed E-state index contributed by atoms with van der Waals surface area (Å²) in [6.07, 6.45) is 0. The van der Waals surface area contributed by atoms with Gasteiger partial charge in [0.2, 0.25) is 5.89 Å². The van der Waals surface area contributed by atoms with Crippen LogP contribution in [-0.4, -0.2) is 19.9 Å². The van der Waals surface area contributed by atoms with Gasteiger partial charge in [-0.15, -0.1) is 0 Å². The Kier molecular flexibility index (Phi) is 6.66. The van der Waals surface area contributed by atoms with Crippen molar-refractivity contribution >= 4 is 65.7 Å². The predicted octanol–water partition coefficient (Wildman–Crippen LogP) is 13.9. The van der Waals surface area contributed by atoms with Gasteiger partial charge < -0.3 is 13.3 Å². The quantitative estimate of drug-likeness (QED) is 0.176. The largest absolute Gasteiger partial charge is 0.455 e. The molecule has 12 aromatic rings. The zero-order chi connectivity index (χ0) is 39.7. The van der Waals surface area contributed by atoms with Crippen molar-refractivity contribution in [3.63, 3.8) is 0 Å². The van der Waals surface area contributed by atoms with Crippen LogP contribution in [-0.2, 0) is 5.41 Å². The SMILES string of the molecule is CC1(C)c2ccccc2-c2c1ccc1ccc3nc(-c4cccc(-c5nc(-c6cccc7c6oc6ccccc67)nc(-c6cccc7c6oc6ccccc67)n5)c4)oc3c21. The number of rotatable bonds is 4. The number of hydrogen-bond donors (Lipinski definition) is 0. The van der Waals surface area contributed by atoms with Crippen molar-refractivity contribution in [2.45, 2.75) is 19.3 Å². The lowest BCUT2D eigenvalue weighted by molar-refractivity contribution is 0.623. The second-order valence-corrected chi connectivity index (χ2v) is 16.1. The van der Waals surface area contributed by atoms with E-state index in [1.807, 2.05) is 84.9 Å². The molecule has 0 atom stereocenters. The minimum Gasteiger partial charge on any atom is -0.455 e. The highest BCUT2D eigenvalue weighted by Gasteiger charge is 2.37. The van der Waals surface area contributed by atoms with Crippen LogP contribution in [0.15, 0.2) is 171 Å². The average molecular weight is 773 g/mol. The number of hydrogen-bond acceptors (Lipinski definition) is 7. The van der Waals surface area contributed by atoms with Crippen LogP contribution in [0.25, 0.3) is 122 Å². The summed E-state index contributed by atoms with van der Waals surface area (Å²) < 4.78 is 19.8. The van der Waals surface area contributed by atoms with E-state index in [0.717, 1.165) is 76.8 Å². The average Bonchev–Trinajstić information content (AvgIpc) is 4.06. The Morgan fingerprint density at radius 1 is 0.417 bits per heavy atom. The second-order valence-electron chi connectivity index (χ2n) is 16.1. The van der Waals surface area contributed by atoms with Crippen molar-refractivity contribution in [1.29, 1.82) is 0 Å². The van der Waals surface area contributed by atoms with Crippen LogP contribution in [0.2, 0.25) is 0 Å². The molecule has 1 aliphatic rings. The summed E-state index contributed by atoms with van der Waals surface area (Å²) in [5, 5.41) is 6.27. The lowest BCUT2D eigenvalue weighted by Crippen LogP contribution is -2.14. The Balaban J connectivity index is 1.01. The van der Waals surface area contributed by atoms with Crippen LogP contribution in [0, 0.1) is 0 Å². The van der Waals surface area contributed by atoms with Gasteiger partial charge in [-0.3, -0.25) is 0 Å². The molecule has 60 heavy (non-hydrogen) atoms. The minimum atomic E-state index is -0.131. The van der Waals surface area contributed by atoms with Crippen LogP contribution in [0.5, 0.6) is 0 Å². The van der Waals surface area contributed by atoms with Crippen molar-refractivity contribution in [3.8, 4) is 56.7 Å². The third kappa shape index (κ3) is 4.65. The minimum absolute atomic E-state index is 0.131. The van der Waals surface area contributed by atoms with Gasteiger partial charge in [-0.1, -0.05) is 129 Å². The molecule has 13 rings (SSSR count). The molecule has 0 N–H and O–H groups in total. The Labute approximate surface area is 342 Å². The molecule has 7 heteroatoms. The van der Waals surface area contributed by atoms with E-state index < -0.39 is 0 Å². The topological polar surface area (TPSA) is 91.0 Å². The molecular weight excluding hydrogens is 741 g/mol. The Morgan fingerprint density at radius 2 is 0.983 bits per heavy atom. The molecule has 4 aromatic heterocycles. The van der Waals surface area contributed by atoms with E-state index >= 15 is 0 Å². The van der Waals surface area contributed by atoms with Crippen LogP contribution < -0.4 is 0 Å². The molecule has 0 aliphatic heterocycles. The van der Waals surface area contributed by atoms with Crippen LogP contribution in [0.1, 0.15) is 25.0 Å². The normalized spacial score (nSPS) is 13.3. The lowest BCUT2D eigenvalue weighted by Gasteiger charge is -2.21. The summed E-state index contributed by atoms with van der Waals surface area (Å²) in [6, 6.07) is 53.8. The maximum Gasteiger partial charge on any atom is 0.227 e. The van der Waals surface area contributed by atoms with Gasteiger partial charge >= 0.3 is 0 Å². The monoisotopic (exact) mass is 772 g/mol. The summed E-state index contributed by atoms with van der Waals surface area (Å²) in [7, 11) is 0. The zero-order valence-electron chi connectivity index (χ0n) is 32.5. The molecule has 0 spiro atoms. The molecule has 4 heterocycles. The summed E-state index contributed by atoms with van der Waals surface area (Å²) in [5.41, 5.74) is 12.7. The van der Waals surface area contributed by atoms with E-state index in [2.05, 4.69) is 86.6 Å². The first kappa shape index (κ1) is 33.1. The first-order valence-electron chi connectivity index (χ1n) is 20.1. The zero-order valence-corrected chi connectivity index (χ0v) is 32.5. The van der Waals surface area contributed by atoms with Gasteiger partial charge in [-0.2, -0.15) is 0 Å². The molecule has 7 nitrogen and oxygen atoms in total. The van der Waals surface area contributed by atoms with Crippen molar-refractivity contribution in [2.24, 2.45) is 0 Å². The van der Waals surface area contributed by atoms with Gasteiger partial charge in [-0.05, 0) is 70.1 Å². The Hall–Kier alpha value is -7.90. The highest BCUT2D eigenvalue weighted by Crippen LogP contribution is 2.52. The first-order valence-corrected chi connectivity index (χ1v) is 20.1. The van der Waals surface area contributed by atoms with Crippen molar-refractivity contribution in [3.05, 3.63) is 169 Å². The summed E-state index contributed by atoms with van der Waals surface area (Å²) in [4.78, 5) is 20.6. The summed E-state index contributed by atoms with van der Waals surface area (Å²) in [5.74, 6) is 2.00. The lowest BCUT2D eigenvalue weighted by atomic mass is 9.82. The molecule has 1 aliphatic carbocycles. The molecule has 0 bridgehead atoms. The van der Waals surface area contributed by atoms with E-state index in [9.17, 15) is 0 Å². The van der Waals surface area contributed by atoms with Crippen LogP contribution in [0.4, 0.5) is 0 Å². The fraction of sp³-hybridized carbons (Fsp3) is 0.0566. The molecule has 0 amide bonds. The van der Waals surface area contributed by atoms with Crippen LogP contribution >= 0.6 is 0 Å². The van der Waals surface area contributed by atoms with Gasteiger partial charge in [0.15, 0.2) is 23.1 Å². The second kappa shape index (κ2) is 12.1. The van der Waals surface area contributed by atoms with E-state index in [4.69, 9.17) is 33.2 Å². The number of fused-ring (bicyclic) bond motifs is 13. The summed E-state index contributed by atoms with van der Waals surface area (Å²) >= 11 is 0. The predicted molar refractivity (Wildman–Crippen MR) is 239 cm³/mol. The number of para-hydroxylation sites is 4. The highest BCUT2D eigenvalue weighted by molar-refractivity contribution is 6.14. The van der Waals surface area contributed by atoms with E-state index in [1.165, 1.54) is 22.3 Å². The number of nitrogens with zero attached hydrogens (tertiary/aromatic N) is 4. The standard InChI is InChI=1S/C53H32N4O3/c1-53(2)39-21-6-3-16-36(39)45-40(53)26-24-29-25-27-41-48(44(29)45)60-52(54-41)31-13-9-12-30(28-31)49-55-50(37-19-10-17-34-32-14-4-7-22-42(32)58-46(34)37)57-51(56-49)38-20-11-18-35-33-15-5-8-23-43(33)59-47(35)38/h3-28H,1-2H3. The molecule has 282 valence electrons. The summed E-state index contributed by atoms with van der Waals surface area (Å²) in [6.45, 7) is 4.60. The molecule has 0 unspecified atom stereocenters. The first-order chi connectivity index (χ1) is 29.5. The smallest absolute Gasteiger partial charge is 0.227 e. The molecule has 0 fully saturated rings.